The molecule has 0 radical (unpaired) electrons. The predicted molar refractivity (Wildman–Crippen MR) is 89.3 cm³/mol. The Morgan fingerprint density at radius 2 is 2.04 bits per heavy atom. The maximum atomic E-state index is 13.0. The fourth-order valence-corrected chi connectivity index (χ4v) is 3.74. The molecule has 2 heterocycles. The van der Waals surface area contributed by atoms with Crippen molar-refractivity contribution in [1.82, 2.24) is 4.90 Å². The number of hydrogen-bond donors (Lipinski definition) is 0. The molecule has 2 aliphatic rings. The van der Waals surface area contributed by atoms with E-state index in [1.165, 1.54) is 11.3 Å². The molecule has 4 nitrogen and oxygen atoms in total. The monoisotopic (exact) mass is 310 g/mol. The summed E-state index contributed by atoms with van der Waals surface area (Å²) in [6.45, 7) is 3.70. The van der Waals surface area contributed by atoms with Crippen LogP contribution in [-0.4, -0.2) is 30.4 Å². The summed E-state index contributed by atoms with van der Waals surface area (Å²) in [7, 11) is 2.10. The molecule has 0 bridgehead atoms. The average molecular weight is 310 g/mol. The Morgan fingerprint density at radius 3 is 2.83 bits per heavy atom. The van der Waals surface area contributed by atoms with Crippen LogP contribution in [0.15, 0.2) is 47.1 Å². The first-order chi connectivity index (χ1) is 11.1. The van der Waals surface area contributed by atoms with Crippen molar-refractivity contribution in [2.24, 2.45) is 5.92 Å². The SMILES string of the molecule is CC1CN(C)c2ccccc2CN1C(=O)C1CC1c1ccco1. The Morgan fingerprint density at radius 1 is 1.22 bits per heavy atom. The Labute approximate surface area is 136 Å². The van der Waals surface area contributed by atoms with Crippen molar-refractivity contribution in [3.05, 3.63) is 54.0 Å². The van der Waals surface area contributed by atoms with Crippen LogP contribution in [0.2, 0.25) is 0 Å². The van der Waals surface area contributed by atoms with Gasteiger partial charge in [0.15, 0.2) is 0 Å². The number of para-hydroxylation sites is 1. The highest BCUT2D eigenvalue weighted by Gasteiger charge is 2.48. The third kappa shape index (κ3) is 2.52. The molecular formula is C19H22N2O2. The van der Waals surface area contributed by atoms with Crippen LogP contribution in [0.3, 0.4) is 0 Å². The number of carbonyl (C=O) groups is 1. The summed E-state index contributed by atoms with van der Waals surface area (Å²) in [5, 5.41) is 0. The minimum Gasteiger partial charge on any atom is -0.469 e. The fraction of sp³-hybridized carbons (Fsp3) is 0.421. The van der Waals surface area contributed by atoms with Crippen molar-refractivity contribution in [3.8, 4) is 0 Å². The van der Waals surface area contributed by atoms with Crippen LogP contribution < -0.4 is 4.90 Å². The van der Waals surface area contributed by atoms with Gasteiger partial charge in [-0.15, -0.1) is 0 Å². The minimum absolute atomic E-state index is 0.0826. The molecule has 0 saturated heterocycles. The highest BCUT2D eigenvalue weighted by Crippen LogP contribution is 2.49. The molecule has 1 aliphatic carbocycles. The first-order valence-electron chi connectivity index (χ1n) is 8.28. The van der Waals surface area contributed by atoms with E-state index in [0.717, 1.165) is 18.7 Å². The number of fused-ring (bicyclic) bond motifs is 1. The van der Waals surface area contributed by atoms with E-state index in [0.29, 0.717) is 6.54 Å². The van der Waals surface area contributed by atoms with Crippen molar-refractivity contribution in [1.29, 1.82) is 0 Å². The molecular weight excluding hydrogens is 288 g/mol. The van der Waals surface area contributed by atoms with Gasteiger partial charge in [-0.05, 0) is 37.1 Å². The molecule has 1 aromatic heterocycles. The van der Waals surface area contributed by atoms with E-state index in [-0.39, 0.29) is 23.8 Å². The third-order valence-corrected chi connectivity index (χ3v) is 5.11. The van der Waals surface area contributed by atoms with Gasteiger partial charge < -0.3 is 14.2 Å². The average Bonchev–Trinajstić information content (AvgIpc) is 3.20. The van der Waals surface area contributed by atoms with E-state index >= 15 is 0 Å². The maximum Gasteiger partial charge on any atom is 0.227 e. The largest absolute Gasteiger partial charge is 0.469 e. The molecule has 1 amide bonds. The molecule has 1 aromatic carbocycles. The molecule has 3 unspecified atom stereocenters. The second-order valence-electron chi connectivity index (χ2n) is 6.79. The highest BCUT2D eigenvalue weighted by atomic mass is 16.3. The Hall–Kier alpha value is -2.23. The van der Waals surface area contributed by atoms with Crippen molar-refractivity contribution < 1.29 is 9.21 Å². The summed E-state index contributed by atoms with van der Waals surface area (Å²) in [5.41, 5.74) is 2.45. The van der Waals surface area contributed by atoms with E-state index in [2.05, 4.69) is 42.0 Å². The molecule has 3 atom stereocenters. The summed E-state index contributed by atoms with van der Waals surface area (Å²) in [6.07, 6.45) is 2.60. The van der Waals surface area contributed by atoms with E-state index < -0.39 is 0 Å². The van der Waals surface area contributed by atoms with Gasteiger partial charge in [-0.1, -0.05) is 18.2 Å². The number of hydrogen-bond acceptors (Lipinski definition) is 3. The third-order valence-electron chi connectivity index (χ3n) is 5.11. The molecule has 1 fully saturated rings. The van der Waals surface area contributed by atoms with Crippen LogP contribution in [0.4, 0.5) is 5.69 Å². The molecule has 2 aromatic rings. The number of anilines is 1. The Balaban J connectivity index is 1.56. The zero-order valence-electron chi connectivity index (χ0n) is 13.6. The van der Waals surface area contributed by atoms with E-state index in [1.54, 1.807) is 6.26 Å². The van der Waals surface area contributed by atoms with Crippen LogP contribution in [0.1, 0.15) is 30.6 Å². The van der Waals surface area contributed by atoms with Gasteiger partial charge >= 0.3 is 0 Å². The minimum atomic E-state index is 0.0826. The number of benzene rings is 1. The van der Waals surface area contributed by atoms with Crippen molar-refractivity contribution in [2.75, 3.05) is 18.5 Å². The molecule has 4 heteroatoms. The summed E-state index contributed by atoms with van der Waals surface area (Å²) in [5.74, 6) is 1.56. The quantitative estimate of drug-likeness (QED) is 0.854. The van der Waals surface area contributed by atoms with Crippen molar-refractivity contribution in [2.45, 2.75) is 31.8 Å². The first kappa shape index (κ1) is 14.4. The normalized spacial score (nSPS) is 26.6. The lowest BCUT2D eigenvalue weighted by atomic mass is 10.1. The van der Waals surface area contributed by atoms with Gasteiger partial charge in [-0.3, -0.25) is 4.79 Å². The lowest BCUT2D eigenvalue weighted by molar-refractivity contribution is -0.135. The second-order valence-corrected chi connectivity index (χ2v) is 6.79. The zero-order chi connectivity index (χ0) is 16.0. The van der Waals surface area contributed by atoms with Crippen LogP contribution >= 0.6 is 0 Å². The van der Waals surface area contributed by atoms with Gasteiger partial charge in [-0.2, -0.15) is 0 Å². The number of rotatable bonds is 2. The second kappa shape index (κ2) is 5.44. The smallest absolute Gasteiger partial charge is 0.227 e. The summed E-state index contributed by atoms with van der Waals surface area (Å²) in [6, 6.07) is 12.5. The van der Waals surface area contributed by atoms with Gasteiger partial charge in [0.2, 0.25) is 5.91 Å². The molecule has 23 heavy (non-hydrogen) atoms. The van der Waals surface area contributed by atoms with Crippen molar-refractivity contribution >= 4 is 11.6 Å². The van der Waals surface area contributed by atoms with Crippen LogP contribution in [0.5, 0.6) is 0 Å². The number of amides is 1. The molecule has 1 saturated carbocycles. The first-order valence-corrected chi connectivity index (χ1v) is 8.28. The van der Waals surface area contributed by atoms with Gasteiger partial charge in [0.1, 0.15) is 5.76 Å². The summed E-state index contributed by atoms with van der Waals surface area (Å²) < 4.78 is 5.47. The number of nitrogens with zero attached hydrogens (tertiary/aromatic N) is 2. The van der Waals surface area contributed by atoms with Gasteiger partial charge in [0.05, 0.1) is 6.26 Å². The van der Waals surface area contributed by atoms with Gasteiger partial charge in [0, 0.05) is 43.7 Å². The number of furan rings is 1. The Kier molecular flexibility index (Phi) is 3.40. The fourth-order valence-electron chi connectivity index (χ4n) is 3.74. The zero-order valence-corrected chi connectivity index (χ0v) is 13.6. The van der Waals surface area contributed by atoms with Gasteiger partial charge in [0.25, 0.3) is 0 Å². The number of carbonyl (C=O) groups excluding carboxylic acids is 1. The maximum absolute atomic E-state index is 13.0. The topological polar surface area (TPSA) is 36.7 Å². The van der Waals surface area contributed by atoms with E-state index in [1.807, 2.05) is 18.2 Å². The molecule has 0 N–H and O–H groups in total. The summed E-state index contributed by atoms with van der Waals surface area (Å²) >= 11 is 0. The molecule has 120 valence electrons. The lowest BCUT2D eigenvalue weighted by Gasteiger charge is -2.28. The molecule has 1 aliphatic heterocycles. The molecule has 0 spiro atoms. The lowest BCUT2D eigenvalue weighted by Crippen LogP contribution is -2.42. The van der Waals surface area contributed by atoms with Crippen LogP contribution in [0.25, 0.3) is 0 Å². The standard InChI is InChI=1S/C19H22N2O2/c1-13-11-20(2)17-7-4-3-6-14(17)12-21(13)19(22)16-10-15(16)18-8-5-9-23-18/h3-9,13,15-16H,10-12H2,1-2H3. The summed E-state index contributed by atoms with van der Waals surface area (Å²) in [4.78, 5) is 17.3. The number of likely N-dealkylation sites (N-methyl/N-ethyl adjacent to an activating group) is 1. The van der Waals surface area contributed by atoms with Crippen molar-refractivity contribution in [3.63, 3.8) is 0 Å². The predicted octanol–water partition coefficient (Wildman–Crippen LogP) is 3.25. The van der Waals surface area contributed by atoms with E-state index in [9.17, 15) is 4.79 Å². The van der Waals surface area contributed by atoms with E-state index in [4.69, 9.17) is 4.42 Å². The van der Waals surface area contributed by atoms with Gasteiger partial charge in [-0.25, -0.2) is 0 Å². The van der Waals surface area contributed by atoms with Crippen LogP contribution in [-0.2, 0) is 11.3 Å². The molecule has 4 rings (SSSR count). The Bertz CT molecular complexity index is 710. The highest BCUT2D eigenvalue weighted by molar-refractivity contribution is 5.83. The van der Waals surface area contributed by atoms with Crippen LogP contribution in [0, 0.1) is 5.92 Å².